The summed E-state index contributed by atoms with van der Waals surface area (Å²) in [5, 5.41) is 11.1. The zero-order chi connectivity index (χ0) is 33.5. The predicted octanol–water partition coefficient (Wildman–Crippen LogP) is 4.91. The molecule has 3 unspecified atom stereocenters. The summed E-state index contributed by atoms with van der Waals surface area (Å²) in [5.74, 6) is 1.94. The number of amides is 2. The van der Waals surface area contributed by atoms with Crippen LogP contribution in [-0.2, 0) is 4.79 Å². The number of fused-ring (bicyclic) bond motifs is 2. The van der Waals surface area contributed by atoms with Crippen LogP contribution in [0.15, 0.2) is 53.6 Å². The fourth-order valence-electron chi connectivity index (χ4n) is 5.98. The van der Waals surface area contributed by atoms with Crippen molar-refractivity contribution in [3.63, 3.8) is 0 Å². The molecule has 11 nitrogen and oxygen atoms in total. The zero-order valence-electron chi connectivity index (χ0n) is 27.7. The average molecular weight is 635 g/mol. The van der Waals surface area contributed by atoms with Crippen LogP contribution in [0, 0.1) is 6.92 Å². The topological polar surface area (TPSA) is 113 Å². The van der Waals surface area contributed by atoms with Gasteiger partial charge < -0.3 is 38.8 Å². The van der Waals surface area contributed by atoms with Crippen LogP contribution in [0.3, 0.4) is 0 Å². The molecule has 0 aromatic heterocycles. The highest BCUT2D eigenvalue weighted by Crippen LogP contribution is 2.39. The third kappa shape index (κ3) is 7.14. The minimum atomic E-state index is -0.931. The summed E-state index contributed by atoms with van der Waals surface area (Å²) in [6, 6.07) is 6.63. The molecule has 2 aromatic rings. The SMILES string of the molecule is C=C1CC(C(O)N(C)c2cc(OCCCOc3cc4c(cc3OC)C(=O)N3CC(=C)CC3C=N4)c(OC)cc2C)N(C=O)C1.CC. The maximum absolute atomic E-state index is 13.2. The Morgan fingerprint density at radius 2 is 1.63 bits per heavy atom. The number of hydrogen-bond acceptors (Lipinski definition) is 9. The third-order valence-electron chi connectivity index (χ3n) is 8.32. The molecule has 3 heterocycles. The van der Waals surface area contributed by atoms with Crippen molar-refractivity contribution in [1.82, 2.24) is 9.80 Å². The van der Waals surface area contributed by atoms with E-state index in [0.717, 1.165) is 28.8 Å². The van der Waals surface area contributed by atoms with Crippen LogP contribution in [0.2, 0.25) is 0 Å². The molecular formula is C35H46N4O7. The molecule has 3 aliphatic rings. The van der Waals surface area contributed by atoms with Gasteiger partial charge in [0.15, 0.2) is 23.0 Å². The predicted molar refractivity (Wildman–Crippen MR) is 179 cm³/mol. The van der Waals surface area contributed by atoms with Gasteiger partial charge >= 0.3 is 0 Å². The number of likely N-dealkylation sites (N-methyl/N-ethyl adjacent to an activating group) is 1. The highest BCUT2D eigenvalue weighted by atomic mass is 16.5. The van der Waals surface area contributed by atoms with Gasteiger partial charge in [-0.1, -0.05) is 38.2 Å². The molecule has 0 saturated carbocycles. The molecule has 3 atom stereocenters. The standard InChI is InChI=1S/C33H40N4O7.C2H6/c1-20-10-23-16-34-25-14-30(29(42-6)13-24(25)32(39)37(23)18-20)43-8-7-9-44-31-15-26(22(3)12-28(31)41-5)35(4)33(40)27-11-21(2)17-36(27)19-38;1-2/h12-16,19,23,27,33,40H,1-2,7-11,17-18H2,3-6H3;1-2H3. The van der Waals surface area contributed by atoms with Gasteiger partial charge in [0.05, 0.1) is 50.8 Å². The van der Waals surface area contributed by atoms with Crippen molar-refractivity contribution < 1.29 is 33.6 Å². The first-order valence-corrected chi connectivity index (χ1v) is 15.6. The van der Waals surface area contributed by atoms with E-state index in [4.69, 9.17) is 18.9 Å². The molecule has 5 rings (SSSR count). The van der Waals surface area contributed by atoms with Gasteiger partial charge in [0, 0.05) is 50.6 Å². The minimum Gasteiger partial charge on any atom is -0.493 e. The molecule has 0 aliphatic carbocycles. The van der Waals surface area contributed by atoms with Crippen LogP contribution in [0.1, 0.15) is 49.0 Å². The Kier molecular flexibility index (Phi) is 11.3. The van der Waals surface area contributed by atoms with Crippen molar-refractivity contribution >= 4 is 29.9 Å². The van der Waals surface area contributed by atoms with Crippen LogP contribution < -0.4 is 23.8 Å². The number of carbonyl (C=O) groups is 2. The molecule has 0 spiro atoms. The van der Waals surface area contributed by atoms with E-state index in [0.29, 0.717) is 79.8 Å². The molecule has 2 amide bonds. The number of rotatable bonds is 12. The lowest BCUT2D eigenvalue weighted by molar-refractivity contribution is -0.120. The molecule has 2 aromatic carbocycles. The Hall–Kier alpha value is -4.51. The van der Waals surface area contributed by atoms with E-state index in [1.165, 1.54) is 7.11 Å². The Morgan fingerprint density at radius 1 is 1.00 bits per heavy atom. The number of carbonyl (C=O) groups excluding carboxylic acids is 2. The zero-order valence-corrected chi connectivity index (χ0v) is 27.7. The van der Waals surface area contributed by atoms with E-state index in [-0.39, 0.29) is 18.0 Å². The van der Waals surface area contributed by atoms with Crippen molar-refractivity contribution in [2.24, 2.45) is 4.99 Å². The second kappa shape index (κ2) is 15.2. The first-order chi connectivity index (χ1) is 22.1. The number of nitrogens with zero attached hydrogens (tertiary/aromatic N) is 4. The molecule has 2 fully saturated rings. The van der Waals surface area contributed by atoms with Gasteiger partial charge in [-0.15, -0.1) is 0 Å². The van der Waals surface area contributed by atoms with Gasteiger partial charge in [0.1, 0.15) is 6.23 Å². The summed E-state index contributed by atoms with van der Waals surface area (Å²) < 4.78 is 23.3. The van der Waals surface area contributed by atoms with Crippen molar-refractivity contribution in [2.75, 3.05) is 52.5 Å². The largest absolute Gasteiger partial charge is 0.493 e. The molecule has 0 radical (unpaired) electrons. The molecule has 3 aliphatic heterocycles. The van der Waals surface area contributed by atoms with Crippen LogP contribution in [0.4, 0.5) is 11.4 Å². The fraction of sp³-hybridized carbons (Fsp3) is 0.457. The molecule has 2 saturated heterocycles. The van der Waals surface area contributed by atoms with Gasteiger partial charge in [-0.25, -0.2) is 0 Å². The van der Waals surface area contributed by atoms with Crippen molar-refractivity contribution in [3.8, 4) is 23.0 Å². The molecule has 1 N–H and O–H groups in total. The second-order valence-corrected chi connectivity index (χ2v) is 11.4. The van der Waals surface area contributed by atoms with Crippen LogP contribution in [0.5, 0.6) is 23.0 Å². The number of ether oxygens (including phenoxy) is 4. The van der Waals surface area contributed by atoms with Gasteiger partial charge in [-0.3, -0.25) is 14.6 Å². The fourth-order valence-corrected chi connectivity index (χ4v) is 5.98. The maximum atomic E-state index is 13.2. The summed E-state index contributed by atoms with van der Waals surface area (Å²) >= 11 is 0. The lowest BCUT2D eigenvalue weighted by atomic mass is 10.1. The van der Waals surface area contributed by atoms with Crippen molar-refractivity contribution in [3.05, 3.63) is 59.7 Å². The summed E-state index contributed by atoms with van der Waals surface area (Å²) in [4.78, 5) is 34.4. The summed E-state index contributed by atoms with van der Waals surface area (Å²) in [6.45, 7) is 15.6. The van der Waals surface area contributed by atoms with Crippen LogP contribution in [0.25, 0.3) is 0 Å². The Labute approximate surface area is 271 Å². The van der Waals surface area contributed by atoms with Gasteiger partial charge in [-0.05, 0) is 37.5 Å². The number of aliphatic imine (C=N–C) groups is 1. The number of methoxy groups -OCH3 is 2. The van der Waals surface area contributed by atoms with E-state index in [2.05, 4.69) is 18.2 Å². The molecule has 11 heteroatoms. The first-order valence-electron chi connectivity index (χ1n) is 15.6. The van der Waals surface area contributed by atoms with E-state index >= 15 is 0 Å². The highest BCUT2D eigenvalue weighted by molar-refractivity contribution is 6.03. The van der Waals surface area contributed by atoms with Gasteiger partial charge in [0.2, 0.25) is 6.41 Å². The maximum Gasteiger partial charge on any atom is 0.257 e. The van der Waals surface area contributed by atoms with Gasteiger partial charge in [-0.2, -0.15) is 0 Å². The Morgan fingerprint density at radius 3 is 2.28 bits per heavy atom. The van der Waals surface area contributed by atoms with Crippen molar-refractivity contribution in [2.45, 2.75) is 58.3 Å². The van der Waals surface area contributed by atoms with E-state index in [9.17, 15) is 14.7 Å². The lowest BCUT2D eigenvalue weighted by Crippen LogP contribution is -2.47. The molecular weight excluding hydrogens is 588 g/mol. The Bertz CT molecular complexity index is 1490. The monoisotopic (exact) mass is 634 g/mol. The molecule has 0 bridgehead atoms. The molecule has 248 valence electrons. The van der Waals surface area contributed by atoms with Crippen molar-refractivity contribution in [1.29, 1.82) is 0 Å². The Balaban J connectivity index is 0.00000235. The number of aliphatic hydroxyl groups excluding tert-OH is 1. The highest BCUT2D eigenvalue weighted by Gasteiger charge is 2.35. The van der Waals surface area contributed by atoms with E-state index in [1.807, 2.05) is 32.9 Å². The normalized spacial score (nSPS) is 19.1. The van der Waals surface area contributed by atoms with Gasteiger partial charge in [0.25, 0.3) is 5.91 Å². The average Bonchev–Trinajstić information content (AvgIpc) is 3.61. The summed E-state index contributed by atoms with van der Waals surface area (Å²) in [6.07, 6.45) is 3.42. The summed E-state index contributed by atoms with van der Waals surface area (Å²) in [7, 11) is 4.90. The quantitative estimate of drug-likeness (QED) is 0.152. The number of benzene rings is 2. The number of hydrogen-bond donors (Lipinski definition) is 1. The number of aryl methyl sites for hydroxylation is 1. The summed E-state index contributed by atoms with van der Waals surface area (Å²) in [5.41, 5.74) is 4.57. The lowest BCUT2D eigenvalue weighted by Gasteiger charge is -2.34. The molecule has 46 heavy (non-hydrogen) atoms. The third-order valence-corrected chi connectivity index (χ3v) is 8.32. The van der Waals surface area contributed by atoms with Crippen LogP contribution >= 0.6 is 0 Å². The number of anilines is 1. The smallest absolute Gasteiger partial charge is 0.257 e. The number of likely N-dealkylation sites (tertiary alicyclic amines) is 1. The van der Waals surface area contributed by atoms with E-state index < -0.39 is 6.23 Å². The van der Waals surface area contributed by atoms with E-state index in [1.54, 1.807) is 47.2 Å². The minimum absolute atomic E-state index is 0.0917. The van der Waals surface area contributed by atoms with Crippen LogP contribution in [-0.4, -0.2) is 99.3 Å². The number of aliphatic hydroxyl groups is 1. The second-order valence-electron chi connectivity index (χ2n) is 11.4. The first kappa shape index (κ1) is 34.4.